The van der Waals surface area contributed by atoms with Gasteiger partial charge in [0.15, 0.2) is 0 Å². The van der Waals surface area contributed by atoms with Crippen molar-refractivity contribution in [1.82, 2.24) is 9.55 Å². The number of rotatable bonds is 5. The average molecular weight is 422 g/mol. The molecular weight excluding hydrogens is 403 g/mol. The number of esters is 1. The fourth-order valence-electron chi connectivity index (χ4n) is 3.37. The van der Waals surface area contributed by atoms with Crippen molar-refractivity contribution in [2.24, 2.45) is 0 Å². The minimum atomic E-state index is -0.373. The molecule has 0 bridgehead atoms. The van der Waals surface area contributed by atoms with E-state index < -0.39 is 0 Å². The third-order valence-corrected chi connectivity index (χ3v) is 5.82. The summed E-state index contributed by atoms with van der Waals surface area (Å²) in [7, 11) is 0. The maximum atomic E-state index is 13.3. The number of hydrogen-bond donors (Lipinski definition) is 0. The molecule has 5 nitrogen and oxygen atoms in total. The standard InChI is InChI=1S/C23H19FN2O3S/c1-3-29-23(28)17-6-4-15(5-7-17)12-26-13-25-21-20(22(26)27)19(14(2)30-21)16-8-10-18(24)11-9-16/h4-11,13H,3,12H2,1-2H3. The summed E-state index contributed by atoms with van der Waals surface area (Å²) in [5, 5.41) is 0.537. The van der Waals surface area contributed by atoms with Gasteiger partial charge in [0.1, 0.15) is 10.6 Å². The first-order valence-corrected chi connectivity index (χ1v) is 10.3. The number of benzene rings is 2. The maximum Gasteiger partial charge on any atom is 0.338 e. The normalized spacial score (nSPS) is 11.0. The van der Waals surface area contributed by atoms with Gasteiger partial charge in [-0.1, -0.05) is 24.3 Å². The molecule has 0 saturated carbocycles. The Kier molecular flexibility index (Phi) is 5.46. The molecule has 4 rings (SSSR count). The van der Waals surface area contributed by atoms with E-state index >= 15 is 0 Å². The SMILES string of the molecule is CCOC(=O)c1ccc(Cn2cnc3sc(C)c(-c4ccc(F)cc4)c3c2=O)cc1. The minimum Gasteiger partial charge on any atom is -0.462 e. The number of nitrogens with zero attached hydrogens (tertiary/aromatic N) is 2. The van der Waals surface area contributed by atoms with E-state index in [1.54, 1.807) is 47.9 Å². The van der Waals surface area contributed by atoms with Crippen LogP contribution >= 0.6 is 11.3 Å². The van der Waals surface area contributed by atoms with Crippen LogP contribution < -0.4 is 5.56 Å². The third-order valence-electron chi connectivity index (χ3n) is 4.81. The van der Waals surface area contributed by atoms with Crippen LogP contribution in [-0.2, 0) is 11.3 Å². The van der Waals surface area contributed by atoms with E-state index in [4.69, 9.17) is 4.74 Å². The molecular formula is C23H19FN2O3S. The second kappa shape index (κ2) is 8.20. The van der Waals surface area contributed by atoms with Gasteiger partial charge < -0.3 is 4.74 Å². The van der Waals surface area contributed by atoms with Gasteiger partial charge in [-0.25, -0.2) is 14.2 Å². The van der Waals surface area contributed by atoms with Crippen LogP contribution in [0.1, 0.15) is 27.7 Å². The van der Waals surface area contributed by atoms with Crippen molar-refractivity contribution >= 4 is 27.5 Å². The molecule has 0 aliphatic rings. The Labute approximate surface area is 176 Å². The van der Waals surface area contributed by atoms with Gasteiger partial charge in [0.2, 0.25) is 0 Å². The highest BCUT2D eigenvalue weighted by molar-refractivity contribution is 7.19. The van der Waals surface area contributed by atoms with Crippen LogP contribution in [0.25, 0.3) is 21.3 Å². The molecule has 0 aliphatic heterocycles. The molecule has 2 heterocycles. The molecule has 152 valence electrons. The van der Waals surface area contributed by atoms with Crippen molar-refractivity contribution in [3.63, 3.8) is 0 Å². The fourth-order valence-corrected chi connectivity index (χ4v) is 4.37. The topological polar surface area (TPSA) is 61.2 Å². The Bertz CT molecular complexity index is 1280. The minimum absolute atomic E-state index is 0.154. The number of fused-ring (bicyclic) bond motifs is 1. The lowest BCUT2D eigenvalue weighted by Crippen LogP contribution is -2.21. The molecule has 0 atom stereocenters. The van der Waals surface area contributed by atoms with E-state index in [9.17, 15) is 14.0 Å². The quantitative estimate of drug-likeness (QED) is 0.434. The van der Waals surface area contributed by atoms with E-state index in [0.29, 0.717) is 28.9 Å². The number of hydrogen-bond acceptors (Lipinski definition) is 5. The first kappa shape index (κ1) is 20.0. The summed E-state index contributed by atoms with van der Waals surface area (Å²) in [6, 6.07) is 13.1. The number of carbonyl (C=O) groups is 1. The number of thiophene rings is 1. The predicted octanol–water partition coefficient (Wildman–Crippen LogP) is 4.80. The monoisotopic (exact) mass is 422 g/mol. The Morgan fingerprint density at radius 1 is 1.13 bits per heavy atom. The van der Waals surface area contributed by atoms with E-state index in [1.807, 2.05) is 6.92 Å². The van der Waals surface area contributed by atoms with Crippen molar-refractivity contribution in [3.05, 3.63) is 87.0 Å². The second-order valence-electron chi connectivity index (χ2n) is 6.82. The first-order chi connectivity index (χ1) is 14.5. The zero-order valence-corrected chi connectivity index (χ0v) is 17.3. The smallest absolute Gasteiger partial charge is 0.338 e. The van der Waals surface area contributed by atoms with E-state index in [2.05, 4.69) is 4.98 Å². The predicted molar refractivity (Wildman–Crippen MR) is 116 cm³/mol. The number of halogens is 1. The van der Waals surface area contributed by atoms with E-state index in [0.717, 1.165) is 21.6 Å². The van der Waals surface area contributed by atoms with Gasteiger partial charge in [0.25, 0.3) is 5.56 Å². The summed E-state index contributed by atoms with van der Waals surface area (Å²) in [6.45, 7) is 4.33. The number of carbonyl (C=O) groups excluding carboxylic acids is 1. The Morgan fingerprint density at radius 2 is 1.83 bits per heavy atom. The van der Waals surface area contributed by atoms with Gasteiger partial charge in [-0.15, -0.1) is 11.3 Å². The van der Waals surface area contributed by atoms with E-state index in [1.165, 1.54) is 29.8 Å². The van der Waals surface area contributed by atoms with Crippen LogP contribution in [0.5, 0.6) is 0 Å². The molecule has 0 spiro atoms. The van der Waals surface area contributed by atoms with Gasteiger partial charge in [-0.3, -0.25) is 9.36 Å². The summed E-state index contributed by atoms with van der Waals surface area (Å²) in [5.74, 6) is -0.695. The third kappa shape index (κ3) is 3.76. The summed E-state index contributed by atoms with van der Waals surface area (Å²) in [5.41, 5.74) is 2.75. The molecule has 0 amide bonds. The molecule has 4 aromatic rings. The van der Waals surface area contributed by atoms with Crippen molar-refractivity contribution in [1.29, 1.82) is 0 Å². The highest BCUT2D eigenvalue weighted by Gasteiger charge is 2.17. The zero-order valence-electron chi connectivity index (χ0n) is 16.5. The fraction of sp³-hybridized carbons (Fsp3) is 0.174. The highest BCUT2D eigenvalue weighted by atomic mass is 32.1. The van der Waals surface area contributed by atoms with Gasteiger partial charge in [-0.2, -0.15) is 0 Å². The van der Waals surface area contributed by atoms with Gasteiger partial charge in [0.05, 0.1) is 30.4 Å². The number of ether oxygens (including phenoxy) is 1. The molecule has 0 unspecified atom stereocenters. The molecule has 0 N–H and O–H groups in total. The first-order valence-electron chi connectivity index (χ1n) is 9.48. The largest absolute Gasteiger partial charge is 0.462 e. The van der Waals surface area contributed by atoms with Crippen molar-refractivity contribution in [2.75, 3.05) is 6.61 Å². The molecule has 0 radical (unpaired) electrons. The lowest BCUT2D eigenvalue weighted by Gasteiger charge is -2.08. The summed E-state index contributed by atoms with van der Waals surface area (Å²) in [4.78, 5) is 31.1. The van der Waals surface area contributed by atoms with Crippen LogP contribution in [0, 0.1) is 12.7 Å². The maximum absolute atomic E-state index is 13.3. The Hall–Kier alpha value is -3.32. The van der Waals surface area contributed by atoms with Gasteiger partial charge in [-0.05, 0) is 49.2 Å². The summed E-state index contributed by atoms with van der Waals surface area (Å²) < 4.78 is 19.9. The van der Waals surface area contributed by atoms with Gasteiger partial charge in [0, 0.05) is 10.4 Å². The lowest BCUT2D eigenvalue weighted by atomic mass is 10.0. The highest BCUT2D eigenvalue weighted by Crippen LogP contribution is 2.35. The molecule has 0 fully saturated rings. The number of aryl methyl sites for hydroxylation is 1. The Morgan fingerprint density at radius 3 is 2.50 bits per heavy atom. The van der Waals surface area contributed by atoms with Crippen LogP contribution in [0.4, 0.5) is 4.39 Å². The number of aromatic nitrogens is 2. The van der Waals surface area contributed by atoms with Crippen molar-refractivity contribution in [2.45, 2.75) is 20.4 Å². The average Bonchev–Trinajstić information content (AvgIpc) is 3.08. The summed E-state index contributed by atoms with van der Waals surface area (Å²) in [6.07, 6.45) is 1.54. The van der Waals surface area contributed by atoms with Crippen LogP contribution in [0.3, 0.4) is 0 Å². The Balaban J connectivity index is 1.72. The van der Waals surface area contributed by atoms with Crippen molar-refractivity contribution < 1.29 is 13.9 Å². The molecule has 0 saturated heterocycles. The van der Waals surface area contributed by atoms with Crippen LogP contribution in [-0.4, -0.2) is 22.1 Å². The van der Waals surface area contributed by atoms with Gasteiger partial charge >= 0.3 is 5.97 Å². The van der Waals surface area contributed by atoms with Crippen LogP contribution in [0.15, 0.2) is 59.7 Å². The summed E-state index contributed by atoms with van der Waals surface area (Å²) >= 11 is 1.45. The lowest BCUT2D eigenvalue weighted by molar-refractivity contribution is 0.0526. The molecule has 2 aromatic carbocycles. The van der Waals surface area contributed by atoms with E-state index in [-0.39, 0.29) is 17.3 Å². The molecule has 30 heavy (non-hydrogen) atoms. The second-order valence-corrected chi connectivity index (χ2v) is 8.02. The molecule has 0 aliphatic carbocycles. The van der Waals surface area contributed by atoms with Crippen molar-refractivity contribution in [3.8, 4) is 11.1 Å². The zero-order chi connectivity index (χ0) is 21.3. The molecule has 7 heteroatoms. The molecule has 2 aromatic heterocycles. The van der Waals surface area contributed by atoms with Crippen LogP contribution in [0.2, 0.25) is 0 Å².